The Morgan fingerprint density at radius 3 is 2.95 bits per heavy atom. The molecule has 1 rings (SSSR count). The molecule has 0 bridgehead atoms. The van der Waals surface area contributed by atoms with Crippen molar-refractivity contribution in [2.75, 3.05) is 5.32 Å². The highest BCUT2D eigenvalue weighted by Gasteiger charge is 2.19. The summed E-state index contributed by atoms with van der Waals surface area (Å²) in [5, 5.41) is 20.7. The normalized spacial score (nSPS) is 13.3. The van der Waals surface area contributed by atoms with Gasteiger partial charge in [0.2, 0.25) is 5.91 Å². The molecule has 0 aliphatic carbocycles. The van der Waals surface area contributed by atoms with Gasteiger partial charge in [-0.15, -0.1) is 0 Å². The van der Waals surface area contributed by atoms with Gasteiger partial charge >= 0.3 is 0 Å². The van der Waals surface area contributed by atoms with Crippen molar-refractivity contribution in [1.29, 1.82) is 0 Å². The largest absolute Gasteiger partial charge is 0.409 e. The maximum Gasteiger partial charge on any atom is 0.228 e. The smallest absolute Gasteiger partial charge is 0.228 e. The zero-order valence-corrected chi connectivity index (χ0v) is 11.3. The summed E-state index contributed by atoms with van der Waals surface area (Å²) in [5.74, 6) is 0.150. The minimum atomic E-state index is -0.0920. The number of oxime groups is 1. The van der Waals surface area contributed by atoms with Crippen LogP contribution in [0.3, 0.4) is 0 Å². The summed E-state index contributed by atoms with van der Waals surface area (Å²) in [4.78, 5) is 12.1. The number of rotatable bonds is 7. The summed E-state index contributed by atoms with van der Waals surface area (Å²) in [5.41, 5.74) is 5.87. The van der Waals surface area contributed by atoms with Crippen LogP contribution in [0.2, 0.25) is 0 Å². The molecule has 0 fully saturated rings. The Hall–Kier alpha value is -2.05. The van der Waals surface area contributed by atoms with Gasteiger partial charge in [-0.05, 0) is 12.8 Å². The molecule has 5 N–H and O–H groups in total. The molecule has 0 saturated carbocycles. The third-order valence-electron chi connectivity index (χ3n) is 3.04. The number of nitrogens with two attached hydrogens (primary N) is 1. The summed E-state index contributed by atoms with van der Waals surface area (Å²) in [6.07, 6.45) is 5.10. The van der Waals surface area contributed by atoms with Gasteiger partial charge < -0.3 is 16.3 Å². The minimum Gasteiger partial charge on any atom is -0.409 e. The molecule has 19 heavy (non-hydrogen) atoms. The van der Waals surface area contributed by atoms with Crippen LogP contribution < -0.4 is 11.1 Å². The Morgan fingerprint density at radius 2 is 2.37 bits per heavy atom. The lowest BCUT2D eigenvalue weighted by atomic mass is 9.98. The second kappa shape index (κ2) is 7.40. The summed E-state index contributed by atoms with van der Waals surface area (Å²) in [7, 11) is 0. The van der Waals surface area contributed by atoms with Crippen molar-refractivity contribution in [2.45, 2.75) is 39.5 Å². The second-order valence-electron chi connectivity index (χ2n) is 4.38. The molecular formula is C12H21N5O2. The number of carbonyl (C=O) groups is 1. The first kappa shape index (κ1) is 15.0. The average Bonchev–Trinajstić information content (AvgIpc) is 2.86. The molecule has 1 heterocycles. The quantitative estimate of drug-likeness (QED) is 0.260. The molecule has 0 aromatic carbocycles. The van der Waals surface area contributed by atoms with Crippen molar-refractivity contribution in [1.82, 2.24) is 10.2 Å². The zero-order chi connectivity index (χ0) is 14.3. The van der Waals surface area contributed by atoms with Gasteiger partial charge in [-0.3, -0.25) is 9.89 Å². The average molecular weight is 267 g/mol. The van der Waals surface area contributed by atoms with Crippen LogP contribution in [0.15, 0.2) is 11.4 Å². The summed E-state index contributed by atoms with van der Waals surface area (Å²) >= 11 is 0. The van der Waals surface area contributed by atoms with Crippen LogP contribution in [0.1, 0.15) is 45.1 Å². The van der Waals surface area contributed by atoms with Gasteiger partial charge in [-0.2, -0.15) is 5.10 Å². The molecule has 106 valence electrons. The van der Waals surface area contributed by atoms with E-state index in [0.29, 0.717) is 11.4 Å². The first-order chi connectivity index (χ1) is 9.13. The van der Waals surface area contributed by atoms with Crippen molar-refractivity contribution in [3.63, 3.8) is 0 Å². The fourth-order valence-electron chi connectivity index (χ4n) is 1.83. The molecule has 7 heteroatoms. The van der Waals surface area contributed by atoms with Crippen LogP contribution in [-0.2, 0) is 4.79 Å². The topological polar surface area (TPSA) is 116 Å². The maximum atomic E-state index is 12.1. The number of nitrogens with one attached hydrogen (secondary N) is 2. The fourth-order valence-corrected chi connectivity index (χ4v) is 1.83. The number of H-pyrrole nitrogens is 1. The van der Waals surface area contributed by atoms with Crippen LogP contribution in [0.4, 0.5) is 5.82 Å². The summed E-state index contributed by atoms with van der Waals surface area (Å²) < 4.78 is 0. The number of anilines is 1. The number of unbranched alkanes of at least 4 members (excludes halogenated alkanes) is 1. The van der Waals surface area contributed by atoms with Crippen LogP contribution in [-0.4, -0.2) is 27.1 Å². The Morgan fingerprint density at radius 1 is 1.63 bits per heavy atom. The zero-order valence-electron chi connectivity index (χ0n) is 11.3. The summed E-state index contributed by atoms with van der Waals surface area (Å²) in [6, 6.07) is 0. The number of amidine groups is 1. The van der Waals surface area contributed by atoms with E-state index in [-0.39, 0.29) is 17.7 Å². The van der Waals surface area contributed by atoms with E-state index in [1.165, 1.54) is 6.20 Å². The van der Waals surface area contributed by atoms with Gasteiger partial charge in [0.1, 0.15) is 5.82 Å². The van der Waals surface area contributed by atoms with E-state index in [1.54, 1.807) is 0 Å². The van der Waals surface area contributed by atoms with Crippen molar-refractivity contribution in [3.05, 3.63) is 11.8 Å². The number of hydrogen-bond donors (Lipinski definition) is 4. The number of aromatic nitrogens is 2. The lowest BCUT2D eigenvalue weighted by Gasteiger charge is -2.14. The van der Waals surface area contributed by atoms with Gasteiger partial charge in [0.25, 0.3) is 0 Å². The molecule has 0 spiro atoms. The van der Waals surface area contributed by atoms with Crippen LogP contribution in [0.25, 0.3) is 0 Å². The third kappa shape index (κ3) is 3.97. The van der Waals surface area contributed by atoms with Gasteiger partial charge in [0, 0.05) is 5.92 Å². The molecule has 1 amide bonds. The highest BCUT2D eigenvalue weighted by atomic mass is 16.4. The molecule has 1 unspecified atom stereocenters. The number of nitrogens with zero attached hydrogens (tertiary/aromatic N) is 2. The highest BCUT2D eigenvalue weighted by molar-refractivity contribution is 6.04. The van der Waals surface area contributed by atoms with E-state index < -0.39 is 0 Å². The van der Waals surface area contributed by atoms with Crippen molar-refractivity contribution < 1.29 is 10.0 Å². The highest BCUT2D eigenvalue weighted by Crippen LogP contribution is 2.17. The molecule has 1 aromatic rings. The Labute approximate surface area is 112 Å². The van der Waals surface area contributed by atoms with Gasteiger partial charge in [-0.1, -0.05) is 31.8 Å². The van der Waals surface area contributed by atoms with Crippen LogP contribution in [0.5, 0.6) is 0 Å². The van der Waals surface area contributed by atoms with Crippen molar-refractivity contribution in [2.24, 2.45) is 16.8 Å². The van der Waals surface area contributed by atoms with E-state index in [2.05, 4.69) is 27.6 Å². The Kier molecular flexibility index (Phi) is 5.84. The third-order valence-corrected chi connectivity index (χ3v) is 3.04. The van der Waals surface area contributed by atoms with Crippen LogP contribution in [0, 0.1) is 5.92 Å². The van der Waals surface area contributed by atoms with Crippen molar-refractivity contribution in [3.8, 4) is 0 Å². The van der Waals surface area contributed by atoms with E-state index in [4.69, 9.17) is 10.9 Å². The summed E-state index contributed by atoms with van der Waals surface area (Å²) in [6.45, 7) is 4.08. The molecule has 7 nitrogen and oxygen atoms in total. The lowest BCUT2D eigenvalue weighted by molar-refractivity contribution is -0.120. The number of carbonyl (C=O) groups excluding carboxylic acids is 1. The van der Waals surface area contributed by atoms with E-state index in [9.17, 15) is 4.79 Å². The number of aromatic amines is 1. The monoisotopic (exact) mass is 267 g/mol. The number of amides is 1. The van der Waals surface area contributed by atoms with Gasteiger partial charge in [-0.25, -0.2) is 0 Å². The number of hydrogen-bond acceptors (Lipinski definition) is 4. The minimum absolute atomic E-state index is 0.0385. The lowest BCUT2D eigenvalue weighted by Crippen LogP contribution is -2.24. The first-order valence-electron chi connectivity index (χ1n) is 6.46. The van der Waals surface area contributed by atoms with Gasteiger partial charge in [0.15, 0.2) is 5.84 Å². The first-order valence-corrected chi connectivity index (χ1v) is 6.46. The Bertz CT molecular complexity index is 441. The van der Waals surface area contributed by atoms with Crippen molar-refractivity contribution >= 4 is 17.6 Å². The molecule has 1 aromatic heterocycles. The van der Waals surface area contributed by atoms with E-state index >= 15 is 0 Å². The van der Waals surface area contributed by atoms with Crippen LogP contribution >= 0.6 is 0 Å². The fraction of sp³-hybridized carbons (Fsp3) is 0.583. The SMILES string of the molecule is CCCCC(CC)C(=O)Nc1[nH]ncc1C(N)=NO. The molecule has 0 aliphatic heterocycles. The Balaban J connectivity index is 2.73. The predicted octanol–water partition coefficient (Wildman–Crippen LogP) is 1.66. The molecule has 0 radical (unpaired) electrons. The van der Waals surface area contributed by atoms with E-state index in [1.807, 2.05) is 6.92 Å². The molecular weight excluding hydrogens is 246 g/mol. The van der Waals surface area contributed by atoms with E-state index in [0.717, 1.165) is 25.7 Å². The maximum absolute atomic E-state index is 12.1. The predicted molar refractivity (Wildman–Crippen MR) is 73.0 cm³/mol. The standard InChI is InChI=1S/C12H21N5O2/c1-3-5-6-8(4-2)12(18)15-11-9(7-14-16-11)10(13)17-19/h7-8,19H,3-6H2,1-2H3,(H2,13,17)(H2,14,15,16,18). The van der Waals surface area contributed by atoms with Gasteiger partial charge in [0.05, 0.1) is 11.8 Å². The molecule has 0 aliphatic rings. The molecule has 1 atom stereocenters. The second-order valence-corrected chi connectivity index (χ2v) is 4.38. The molecule has 0 saturated heterocycles.